The van der Waals surface area contributed by atoms with E-state index in [4.69, 9.17) is 0 Å². The van der Waals surface area contributed by atoms with Gasteiger partial charge in [-0.05, 0) is 38.3 Å². The molecule has 1 fully saturated rings. The molecule has 1 aromatic carbocycles. The molecule has 2 rings (SSSR count). The molecule has 2 heteroatoms. The summed E-state index contributed by atoms with van der Waals surface area (Å²) in [4.78, 5) is 2.34. The first-order valence-corrected chi connectivity index (χ1v) is 7.96. The first-order chi connectivity index (χ1) is 9.56. The summed E-state index contributed by atoms with van der Waals surface area (Å²) in [5, 5.41) is 9.95. The SMILES string of the molecule is Cc1ccc(N(C)CC2(CO)CCCCCC2)c(C)c1. The number of aliphatic hydroxyl groups excluding tert-OH is 1. The minimum Gasteiger partial charge on any atom is -0.396 e. The highest BCUT2D eigenvalue weighted by Gasteiger charge is 2.31. The van der Waals surface area contributed by atoms with E-state index in [1.807, 2.05) is 0 Å². The third-order valence-corrected chi connectivity index (χ3v) is 4.84. The Bertz CT molecular complexity index is 433. The van der Waals surface area contributed by atoms with Crippen LogP contribution in [0.1, 0.15) is 49.7 Å². The Balaban J connectivity index is 2.13. The lowest BCUT2D eigenvalue weighted by atomic mass is 9.80. The van der Waals surface area contributed by atoms with Crippen LogP contribution >= 0.6 is 0 Å². The molecule has 0 amide bonds. The molecule has 1 N–H and O–H groups in total. The van der Waals surface area contributed by atoms with Gasteiger partial charge in [0, 0.05) is 24.7 Å². The average molecular weight is 275 g/mol. The zero-order valence-electron chi connectivity index (χ0n) is 13.3. The summed E-state index contributed by atoms with van der Waals surface area (Å²) in [5.74, 6) is 0. The monoisotopic (exact) mass is 275 g/mol. The van der Waals surface area contributed by atoms with Crippen LogP contribution in [0.3, 0.4) is 0 Å². The van der Waals surface area contributed by atoms with Crippen LogP contribution in [-0.4, -0.2) is 25.3 Å². The van der Waals surface area contributed by atoms with Crippen LogP contribution in [0.5, 0.6) is 0 Å². The molecule has 0 aromatic heterocycles. The largest absolute Gasteiger partial charge is 0.396 e. The third kappa shape index (κ3) is 3.54. The Morgan fingerprint density at radius 3 is 2.30 bits per heavy atom. The number of aliphatic hydroxyl groups is 1. The summed E-state index contributed by atoms with van der Waals surface area (Å²) in [6.07, 6.45) is 7.52. The second-order valence-corrected chi connectivity index (χ2v) is 6.72. The molecule has 1 aliphatic carbocycles. The Morgan fingerprint density at radius 1 is 1.10 bits per heavy atom. The van der Waals surface area contributed by atoms with Crippen molar-refractivity contribution in [2.24, 2.45) is 5.41 Å². The van der Waals surface area contributed by atoms with E-state index in [9.17, 15) is 5.11 Å². The van der Waals surface area contributed by atoms with Crippen LogP contribution in [0.4, 0.5) is 5.69 Å². The second kappa shape index (κ2) is 6.62. The Hall–Kier alpha value is -1.02. The summed E-state index contributed by atoms with van der Waals surface area (Å²) in [6, 6.07) is 6.63. The second-order valence-electron chi connectivity index (χ2n) is 6.72. The first kappa shape index (κ1) is 15.4. The summed E-state index contributed by atoms with van der Waals surface area (Å²) >= 11 is 0. The molecule has 0 radical (unpaired) electrons. The van der Waals surface area contributed by atoms with Crippen molar-refractivity contribution in [3.8, 4) is 0 Å². The molecule has 20 heavy (non-hydrogen) atoms. The van der Waals surface area contributed by atoms with E-state index in [0.29, 0.717) is 6.61 Å². The van der Waals surface area contributed by atoms with Gasteiger partial charge in [0.15, 0.2) is 0 Å². The van der Waals surface area contributed by atoms with Gasteiger partial charge in [-0.15, -0.1) is 0 Å². The van der Waals surface area contributed by atoms with Crippen molar-refractivity contribution >= 4 is 5.69 Å². The van der Waals surface area contributed by atoms with Gasteiger partial charge < -0.3 is 10.0 Å². The number of rotatable bonds is 4. The summed E-state index contributed by atoms with van der Waals surface area (Å²) < 4.78 is 0. The molecule has 0 saturated heterocycles. The van der Waals surface area contributed by atoms with Gasteiger partial charge in [-0.3, -0.25) is 0 Å². The Morgan fingerprint density at radius 2 is 1.75 bits per heavy atom. The predicted octanol–water partition coefficient (Wildman–Crippen LogP) is 4.07. The molecule has 0 aliphatic heterocycles. The molecule has 1 aromatic rings. The van der Waals surface area contributed by atoms with Crippen molar-refractivity contribution in [1.82, 2.24) is 0 Å². The standard InChI is InChI=1S/C18H29NO/c1-15-8-9-17(16(2)12-15)19(3)13-18(14-20)10-6-4-5-7-11-18/h8-9,12,20H,4-7,10-11,13-14H2,1-3H3. The molecule has 2 nitrogen and oxygen atoms in total. The molecule has 0 spiro atoms. The molecule has 0 unspecified atom stereocenters. The van der Waals surface area contributed by atoms with Gasteiger partial charge in [-0.2, -0.15) is 0 Å². The predicted molar refractivity (Wildman–Crippen MR) is 86.4 cm³/mol. The Labute approximate surface area is 123 Å². The average Bonchev–Trinajstić information content (AvgIpc) is 2.64. The maximum Gasteiger partial charge on any atom is 0.0504 e. The normalized spacial score (nSPS) is 18.6. The van der Waals surface area contributed by atoms with Crippen molar-refractivity contribution < 1.29 is 5.11 Å². The molecule has 1 aliphatic rings. The lowest BCUT2D eigenvalue weighted by Crippen LogP contribution is -2.38. The van der Waals surface area contributed by atoms with E-state index < -0.39 is 0 Å². The van der Waals surface area contributed by atoms with Crippen LogP contribution in [-0.2, 0) is 0 Å². The van der Waals surface area contributed by atoms with E-state index in [1.165, 1.54) is 55.3 Å². The minimum atomic E-state index is 0.0998. The lowest BCUT2D eigenvalue weighted by molar-refractivity contribution is 0.113. The molecule has 0 heterocycles. The van der Waals surface area contributed by atoms with E-state index in [0.717, 1.165) is 6.54 Å². The van der Waals surface area contributed by atoms with Crippen molar-refractivity contribution in [2.75, 3.05) is 25.1 Å². The number of benzene rings is 1. The molecule has 0 bridgehead atoms. The first-order valence-electron chi connectivity index (χ1n) is 7.96. The van der Waals surface area contributed by atoms with Crippen molar-refractivity contribution in [1.29, 1.82) is 0 Å². The lowest BCUT2D eigenvalue weighted by Gasteiger charge is -2.36. The van der Waals surface area contributed by atoms with Crippen molar-refractivity contribution in [3.63, 3.8) is 0 Å². The topological polar surface area (TPSA) is 23.5 Å². The fourth-order valence-electron chi connectivity index (χ4n) is 3.67. The van der Waals surface area contributed by atoms with E-state index in [2.05, 4.69) is 44.0 Å². The number of hydrogen-bond donors (Lipinski definition) is 1. The third-order valence-electron chi connectivity index (χ3n) is 4.84. The maximum absolute atomic E-state index is 9.95. The summed E-state index contributed by atoms with van der Waals surface area (Å²) in [7, 11) is 2.17. The van der Waals surface area contributed by atoms with Crippen molar-refractivity contribution in [2.45, 2.75) is 52.4 Å². The highest BCUT2D eigenvalue weighted by atomic mass is 16.3. The van der Waals surface area contributed by atoms with Crippen LogP contribution in [0, 0.1) is 19.3 Å². The fourth-order valence-corrected chi connectivity index (χ4v) is 3.67. The molecule has 1 saturated carbocycles. The molecular weight excluding hydrogens is 246 g/mol. The fraction of sp³-hybridized carbons (Fsp3) is 0.667. The number of anilines is 1. The number of hydrogen-bond acceptors (Lipinski definition) is 2. The van der Waals surface area contributed by atoms with Crippen LogP contribution in [0.15, 0.2) is 18.2 Å². The van der Waals surface area contributed by atoms with Gasteiger partial charge >= 0.3 is 0 Å². The van der Waals surface area contributed by atoms with E-state index in [1.54, 1.807) is 0 Å². The summed E-state index contributed by atoms with van der Waals surface area (Å²) in [6.45, 7) is 5.60. The zero-order valence-corrected chi connectivity index (χ0v) is 13.3. The van der Waals surface area contributed by atoms with E-state index >= 15 is 0 Å². The van der Waals surface area contributed by atoms with Gasteiger partial charge in [0.2, 0.25) is 0 Å². The minimum absolute atomic E-state index is 0.0998. The molecular formula is C18H29NO. The smallest absolute Gasteiger partial charge is 0.0504 e. The Kier molecular flexibility index (Phi) is 5.09. The van der Waals surface area contributed by atoms with Gasteiger partial charge in [-0.25, -0.2) is 0 Å². The molecule has 0 atom stereocenters. The van der Waals surface area contributed by atoms with Gasteiger partial charge in [0.1, 0.15) is 0 Å². The number of nitrogens with zero attached hydrogens (tertiary/aromatic N) is 1. The van der Waals surface area contributed by atoms with Crippen LogP contribution in [0.25, 0.3) is 0 Å². The summed E-state index contributed by atoms with van der Waals surface area (Å²) in [5.41, 5.74) is 4.04. The molecule has 112 valence electrons. The maximum atomic E-state index is 9.95. The van der Waals surface area contributed by atoms with Crippen molar-refractivity contribution in [3.05, 3.63) is 29.3 Å². The highest BCUT2D eigenvalue weighted by molar-refractivity contribution is 5.54. The van der Waals surface area contributed by atoms with Crippen LogP contribution in [0.2, 0.25) is 0 Å². The van der Waals surface area contributed by atoms with Crippen LogP contribution < -0.4 is 4.90 Å². The van der Waals surface area contributed by atoms with E-state index in [-0.39, 0.29) is 5.41 Å². The van der Waals surface area contributed by atoms with Gasteiger partial charge in [0.25, 0.3) is 0 Å². The highest BCUT2D eigenvalue weighted by Crippen LogP contribution is 2.36. The zero-order chi connectivity index (χ0) is 14.6. The number of aryl methyl sites for hydroxylation is 2. The van der Waals surface area contributed by atoms with Gasteiger partial charge in [-0.1, -0.05) is 43.4 Å². The quantitative estimate of drug-likeness (QED) is 0.837. The van der Waals surface area contributed by atoms with Gasteiger partial charge in [0.05, 0.1) is 6.61 Å².